The Morgan fingerprint density at radius 3 is 1.83 bits per heavy atom. The summed E-state index contributed by atoms with van der Waals surface area (Å²) in [6.07, 6.45) is 0.505. The second-order valence-electron chi connectivity index (χ2n) is 16.3. The molecule has 0 radical (unpaired) electrons. The second-order valence-corrected chi connectivity index (χ2v) is 18.6. The van der Waals surface area contributed by atoms with Crippen molar-refractivity contribution in [2.24, 2.45) is 10.6 Å². The molecule has 0 bridgehead atoms. The number of thiazole rings is 1. The molecule has 3 atom stereocenters. The van der Waals surface area contributed by atoms with Gasteiger partial charge in [-0.3, -0.25) is 14.4 Å². The van der Waals surface area contributed by atoms with Crippen LogP contribution in [0.4, 0.5) is 5.13 Å². The van der Waals surface area contributed by atoms with Crippen molar-refractivity contribution < 1.29 is 33.9 Å². The molecule has 6 aromatic rings. The molecule has 1 aromatic heterocycles. The summed E-state index contributed by atoms with van der Waals surface area (Å²) in [4.78, 5) is 67.2. The van der Waals surface area contributed by atoms with E-state index in [0.29, 0.717) is 24.4 Å². The summed E-state index contributed by atoms with van der Waals surface area (Å²) < 4.78 is 6.26. The van der Waals surface area contributed by atoms with Gasteiger partial charge in [0, 0.05) is 36.4 Å². The molecule has 1 aliphatic carbocycles. The number of fused-ring (bicyclic) bond motifs is 1. The van der Waals surface area contributed by atoms with Gasteiger partial charge in [-0.2, -0.15) is 0 Å². The number of carboxylic acids is 1. The minimum atomic E-state index is -1.50. The van der Waals surface area contributed by atoms with E-state index in [1.165, 1.54) is 28.0 Å². The highest BCUT2D eigenvalue weighted by atomic mass is 35.5. The molecule has 3 aliphatic rings. The number of esters is 1. The number of nitrogens with one attached hydrogen (secondary N) is 2. The SMILES string of the molecule is O=C(NC1C(=O)N2CC(CCl)(C(=O)O)CS[C@H]12)C(=NOC1(C(=O)OC(c2ccccc2)c2ccccc2)CCC1)c1csc(NC(c2ccccc2)(c2ccccc2)c2ccccc2)n1. The zero-order valence-electron chi connectivity index (χ0n) is 34.9. The number of alkyl halides is 1. The standard InChI is InChI=1S/C50H44ClN5O7S2/c51-30-48(45(59)60)31-56-43(58)40(44(56)65-32-48)53-42(57)39(55-63-49(27-16-28-49)46(61)62-41(33-17-6-1-7-18-33)34-19-8-2-9-20-34)38-29-64-47(52-38)54-50(35-21-10-3-11-22-35,36-23-12-4-13-24-36)37-25-14-5-15-26-37/h1-15,17-26,29,40-41,44H,16,27-28,30-32H2,(H,52,54)(H,53,57)(H,59,60)/t40?,44-,48?/m1/s1. The second kappa shape index (κ2) is 18.6. The third kappa shape index (κ3) is 8.37. The largest absolute Gasteiger partial charge is 0.481 e. The van der Waals surface area contributed by atoms with Gasteiger partial charge in [-0.15, -0.1) is 34.7 Å². The number of nitrogens with zero attached hydrogens (tertiary/aromatic N) is 3. The lowest BCUT2D eigenvalue weighted by molar-refractivity contribution is -0.189. The van der Waals surface area contributed by atoms with E-state index >= 15 is 0 Å². The predicted molar refractivity (Wildman–Crippen MR) is 251 cm³/mol. The zero-order chi connectivity index (χ0) is 45.0. The molecule has 65 heavy (non-hydrogen) atoms. The van der Waals surface area contributed by atoms with Crippen LogP contribution in [0.3, 0.4) is 0 Å². The summed E-state index contributed by atoms with van der Waals surface area (Å²) in [5.41, 5.74) is 0.516. The fraction of sp³-hybridized carbons (Fsp3) is 0.240. The maximum Gasteiger partial charge on any atom is 0.354 e. The molecule has 12 nitrogen and oxygen atoms in total. The highest BCUT2D eigenvalue weighted by Gasteiger charge is 2.58. The predicted octanol–water partition coefficient (Wildman–Crippen LogP) is 8.23. The van der Waals surface area contributed by atoms with Crippen LogP contribution in [0.25, 0.3) is 0 Å². The van der Waals surface area contributed by atoms with Crippen molar-refractivity contribution in [1.29, 1.82) is 0 Å². The number of carboxylic acid groups (broad SMARTS) is 1. The number of carbonyl (C=O) groups is 4. The number of aliphatic carboxylic acids is 1. The van der Waals surface area contributed by atoms with Crippen LogP contribution in [0.2, 0.25) is 0 Å². The van der Waals surface area contributed by atoms with Gasteiger partial charge in [-0.05, 0) is 34.2 Å². The Bertz CT molecular complexity index is 2560. The van der Waals surface area contributed by atoms with Crippen LogP contribution in [-0.4, -0.2) is 79.6 Å². The summed E-state index contributed by atoms with van der Waals surface area (Å²) in [6.45, 7) is -0.0799. The van der Waals surface area contributed by atoms with Crippen LogP contribution >= 0.6 is 34.7 Å². The van der Waals surface area contributed by atoms with E-state index in [9.17, 15) is 24.3 Å². The molecule has 2 unspecified atom stereocenters. The van der Waals surface area contributed by atoms with Crippen LogP contribution < -0.4 is 10.6 Å². The van der Waals surface area contributed by atoms with Crippen LogP contribution in [0.1, 0.15) is 58.9 Å². The fourth-order valence-electron chi connectivity index (χ4n) is 8.45. The molecule has 9 rings (SSSR count). The summed E-state index contributed by atoms with van der Waals surface area (Å²) in [6, 6.07) is 47.9. The Morgan fingerprint density at radius 1 is 0.831 bits per heavy atom. The highest BCUT2D eigenvalue weighted by molar-refractivity contribution is 8.00. The third-order valence-electron chi connectivity index (χ3n) is 12.3. The molecule has 5 aromatic carbocycles. The number of carbonyl (C=O) groups excluding carboxylic acids is 3. The number of aromatic nitrogens is 1. The van der Waals surface area contributed by atoms with E-state index in [1.54, 1.807) is 5.38 Å². The first-order valence-corrected chi connectivity index (χ1v) is 23.6. The lowest BCUT2D eigenvalue weighted by atomic mass is 9.77. The van der Waals surface area contributed by atoms with Gasteiger partial charge in [-0.1, -0.05) is 157 Å². The zero-order valence-corrected chi connectivity index (χ0v) is 37.3. The maximum atomic E-state index is 14.6. The molecule has 330 valence electrons. The molecular weight excluding hydrogens is 882 g/mol. The quantitative estimate of drug-likeness (QED) is 0.0216. The summed E-state index contributed by atoms with van der Waals surface area (Å²) in [7, 11) is 0. The molecule has 2 amide bonds. The van der Waals surface area contributed by atoms with Crippen LogP contribution in [0.15, 0.2) is 162 Å². The average molecular weight is 927 g/mol. The number of hydrogen-bond donors (Lipinski definition) is 3. The van der Waals surface area contributed by atoms with Crippen LogP contribution in [-0.2, 0) is 34.3 Å². The van der Waals surface area contributed by atoms with Crippen molar-refractivity contribution in [3.63, 3.8) is 0 Å². The van der Waals surface area contributed by atoms with Gasteiger partial charge in [0.05, 0.1) is 0 Å². The smallest absolute Gasteiger partial charge is 0.354 e. The van der Waals surface area contributed by atoms with E-state index in [-0.39, 0.29) is 29.6 Å². The highest BCUT2D eigenvalue weighted by Crippen LogP contribution is 2.44. The molecule has 1 saturated carbocycles. The van der Waals surface area contributed by atoms with Crippen molar-refractivity contribution in [3.05, 3.63) is 191 Å². The van der Waals surface area contributed by atoms with Crippen LogP contribution in [0.5, 0.6) is 0 Å². The number of amides is 2. The van der Waals surface area contributed by atoms with E-state index < -0.39 is 57.8 Å². The van der Waals surface area contributed by atoms with E-state index in [0.717, 1.165) is 27.8 Å². The van der Waals surface area contributed by atoms with Crippen LogP contribution in [0, 0.1) is 5.41 Å². The first-order valence-electron chi connectivity index (χ1n) is 21.2. The maximum absolute atomic E-state index is 14.6. The number of β-lactam (4-membered cyclic amide) rings is 1. The van der Waals surface area contributed by atoms with Gasteiger partial charge in [0.1, 0.15) is 28.1 Å². The normalized spacial score (nSPS) is 20.1. The molecule has 0 spiro atoms. The van der Waals surface area contributed by atoms with Gasteiger partial charge >= 0.3 is 11.9 Å². The first kappa shape index (κ1) is 43.8. The van der Waals surface area contributed by atoms with Crippen molar-refractivity contribution >= 4 is 69.3 Å². The number of hydrogen-bond acceptors (Lipinski definition) is 11. The number of halogens is 1. The minimum absolute atomic E-state index is 0.0799. The lowest BCUT2D eigenvalue weighted by Gasteiger charge is -2.53. The van der Waals surface area contributed by atoms with Crippen molar-refractivity contribution in [3.8, 4) is 0 Å². The average Bonchev–Trinajstić information content (AvgIpc) is 3.81. The number of rotatable bonds is 16. The Morgan fingerprint density at radius 2 is 1.35 bits per heavy atom. The molecule has 2 aliphatic heterocycles. The Kier molecular flexibility index (Phi) is 12.5. The Balaban J connectivity index is 1.06. The van der Waals surface area contributed by atoms with Crippen molar-refractivity contribution in [2.75, 3.05) is 23.5 Å². The first-order chi connectivity index (χ1) is 31.7. The Labute approximate surface area is 389 Å². The summed E-state index contributed by atoms with van der Waals surface area (Å²) in [5.74, 6) is -2.94. The number of anilines is 1. The number of thioether (sulfide) groups is 1. The minimum Gasteiger partial charge on any atom is -0.481 e. The molecule has 3 fully saturated rings. The fourth-order valence-corrected chi connectivity index (χ4v) is 11.2. The van der Waals surface area contributed by atoms with Crippen molar-refractivity contribution in [1.82, 2.24) is 15.2 Å². The number of ether oxygens (including phenoxy) is 1. The molecule has 15 heteroatoms. The lowest BCUT2D eigenvalue weighted by Crippen LogP contribution is -2.74. The monoisotopic (exact) mass is 925 g/mol. The van der Waals surface area contributed by atoms with Crippen molar-refractivity contribution in [2.45, 2.75) is 47.9 Å². The van der Waals surface area contributed by atoms with Gasteiger partial charge in [0.15, 0.2) is 16.9 Å². The molecule has 3 N–H and O–H groups in total. The molecular formula is C50H44ClN5O7S2. The van der Waals surface area contributed by atoms with Gasteiger partial charge in [-0.25, -0.2) is 9.78 Å². The third-order valence-corrected chi connectivity index (χ3v) is 15.1. The van der Waals surface area contributed by atoms with E-state index in [4.69, 9.17) is 26.2 Å². The topological polar surface area (TPSA) is 160 Å². The molecule has 3 heterocycles. The summed E-state index contributed by atoms with van der Waals surface area (Å²) in [5, 5.41) is 22.6. The van der Waals surface area contributed by atoms with Gasteiger partial charge in [0.25, 0.3) is 5.91 Å². The summed E-state index contributed by atoms with van der Waals surface area (Å²) >= 11 is 8.62. The van der Waals surface area contributed by atoms with E-state index in [2.05, 4.69) is 15.8 Å². The van der Waals surface area contributed by atoms with Gasteiger partial charge < -0.3 is 30.2 Å². The number of benzene rings is 5. The Hall–Kier alpha value is -6.48. The van der Waals surface area contributed by atoms with Gasteiger partial charge in [0.2, 0.25) is 11.5 Å². The number of oxime groups is 1. The molecule has 2 saturated heterocycles. The van der Waals surface area contributed by atoms with E-state index in [1.807, 2.05) is 152 Å².